The Morgan fingerprint density at radius 2 is 2.14 bits per heavy atom. The lowest BCUT2D eigenvalue weighted by atomic mass is 9.98. The standard InChI is InChI=1S/C16H24N4O/c1-12(2)19-10-13(11-19)9-18-16(21)20-8-7-17-14-5-3-4-6-15(14)20/h3-6,12-13,17H,7-11H2,1-2H3,(H,18,21). The van der Waals surface area contributed by atoms with Crippen molar-refractivity contribution in [2.24, 2.45) is 5.92 Å². The number of rotatable bonds is 3. The van der Waals surface area contributed by atoms with Gasteiger partial charge >= 0.3 is 6.03 Å². The highest BCUT2D eigenvalue weighted by Crippen LogP contribution is 2.28. The van der Waals surface area contributed by atoms with Crippen molar-refractivity contribution in [2.45, 2.75) is 19.9 Å². The van der Waals surface area contributed by atoms with Crippen molar-refractivity contribution in [3.63, 3.8) is 0 Å². The van der Waals surface area contributed by atoms with Crippen molar-refractivity contribution in [3.05, 3.63) is 24.3 Å². The van der Waals surface area contributed by atoms with E-state index in [4.69, 9.17) is 0 Å². The Bertz CT molecular complexity index is 511. The lowest BCUT2D eigenvalue weighted by molar-refractivity contribution is 0.0692. The number of anilines is 2. The van der Waals surface area contributed by atoms with Crippen molar-refractivity contribution < 1.29 is 4.79 Å². The molecule has 2 aliphatic heterocycles. The minimum atomic E-state index is 0.0203. The average molecular weight is 288 g/mol. The zero-order valence-corrected chi connectivity index (χ0v) is 12.8. The molecular formula is C16H24N4O. The van der Waals surface area contributed by atoms with Crippen LogP contribution in [0.3, 0.4) is 0 Å². The number of amides is 2. The fourth-order valence-corrected chi connectivity index (χ4v) is 2.98. The molecule has 1 aromatic rings. The highest BCUT2D eigenvalue weighted by atomic mass is 16.2. The van der Waals surface area contributed by atoms with E-state index in [1.54, 1.807) is 0 Å². The first kappa shape index (κ1) is 14.2. The van der Waals surface area contributed by atoms with Gasteiger partial charge in [-0.3, -0.25) is 4.90 Å². The third-order valence-corrected chi connectivity index (χ3v) is 4.35. The largest absolute Gasteiger partial charge is 0.382 e. The molecule has 2 heterocycles. The van der Waals surface area contributed by atoms with Crippen LogP contribution in [0.25, 0.3) is 0 Å². The molecule has 1 saturated heterocycles. The molecule has 5 nitrogen and oxygen atoms in total. The fraction of sp³-hybridized carbons (Fsp3) is 0.562. The Morgan fingerprint density at radius 3 is 2.90 bits per heavy atom. The van der Waals surface area contributed by atoms with Crippen molar-refractivity contribution in [2.75, 3.05) is 42.9 Å². The third kappa shape index (κ3) is 2.97. The van der Waals surface area contributed by atoms with Gasteiger partial charge in [-0.25, -0.2) is 4.79 Å². The maximum Gasteiger partial charge on any atom is 0.322 e. The monoisotopic (exact) mass is 288 g/mol. The third-order valence-electron chi connectivity index (χ3n) is 4.35. The Hall–Kier alpha value is -1.75. The first-order valence-electron chi connectivity index (χ1n) is 7.77. The molecule has 114 valence electrons. The molecule has 0 bridgehead atoms. The van der Waals surface area contributed by atoms with Gasteiger partial charge in [0.05, 0.1) is 11.4 Å². The molecule has 0 radical (unpaired) electrons. The van der Waals surface area contributed by atoms with Crippen LogP contribution in [0.4, 0.5) is 16.2 Å². The Kier molecular flexibility index (Phi) is 4.01. The normalized spacial score (nSPS) is 18.9. The number of nitrogens with zero attached hydrogens (tertiary/aromatic N) is 2. The maximum atomic E-state index is 12.4. The van der Waals surface area contributed by atoms with Crippen LogP contribution in [0.5, 0.6) is 0 Å². The molecule has 0 aliphatic carbocycles. The number of benzene rings is 1. The molecule has 2 amide bonds. The summed E-state index contributed by atoms with van der Waals surface area (Å²) in [4.78, 5) is 16.7. The summed E-state index contributed by atoms with van der Waals surface area (Å²) in [5.41, 5.74) is 2.01. The quantitative estimate of drug-likeness (QED) is 0.894. The van der Waals surface area contributed by atoms with Crippen molar-refractivity contribution in [1.29, 1.82) is 0 Å². The topological polar surface area (TPSA) is 47.6 Å². The zero-order chi connectivity index (χ0) is 14.8. The van der Waals surface area contributed by atoms with Crippen LogP contribution < -0.4 is 15.5 Å². The number of fused-ring (bicyclic) bond motifs is 1. The fourth-order valence-electron chi connectivity index (χ4n) is 2.98. The summed E-state index contributed by atoms with van der Waals surface area (Å²) in [7, 11) is 0. The summed E-state index contributed by atoms with van der Waals surface area (Å²) in [5, 5.41) is 6.41. The van der Waals surface area contributed by atoms with Gasteiger partial charge in [0, 0.05) is 44.7 Å². The van der Waals surface area contributed by atoms with E-state index in [2.05, 4.69) is 29.4 Å². The molecule has 0 unspecified atom stereocenters. The molecule has 1 fully saturated rings. The maximum absolute atomic E-state index is 12.4. The molecule has 0 spiro atoms. The van der Waals surface area contributed by atoms with Gasteiger partial charge in [-0.2, -0.15) is 0 Å². The van der Waals surface area contributed by atoms with Gasteiger partial charge in [-0.15, -0.1) is 0 Å². The van der Waals surface area contributed by atoms with E-state index < -0.39 is 0 Å². The van der Waals surface area contributed by atoms with Crippen LogP contribution in [0.1, 0.15) is 13.8 Å². The molecule has 2 aliphatic rings. The highest BCUT2D eigenvalue weighted by Gasteiger charge is 2.29. The van der Waals surface area contributed by atoms with Gasteiger partial charge in [0.15, 0.2) is 0 Å². The van der Waals surface area contributed by atoms with Crippen LogP contribution in [0, 0.1) is 5.92 Å². The first-order chi connectivity index (χ1) is 10.1. The van der Waals surface area contributed by atoms with E-state index in [1.807, 2.05) is 29.2 Å². The summed E-state index contributed by atoms with van der Waals surface area (Å²) >= 11 is 0. The van der Waals surface area contributed by atoms with Crippen LogP contribution in [-0.4, -0.2) is 49.7 Å². The number of hydrogen-bond donors (Lipinski definition) is 2. The summed E-state index contributed by atoms with van der Waals surface area (Å²) in [6, 6.07) is 8.59. The van der Waals surface area contributed by atoms with Crippen LogP contribution in [-0.2, 0) is 0 Å². The smallest absolute Gasteiger partial charge is 0.322 e. The minimum Gasteiger partial charge on any atom is -0.382 e. The molecule has 3 rings (SSSR count). The minimum absolute atomic E-state index is 0.0203. The van der Waals surface area contributed by atoms with E-state index in [0.29, 0.717) is 18.5 Å². The number of carbonyl (C=O) groups is 1. The van der Waals surface area contributed by atoms with Gasteiger partial charge < -0.3 is 15.5 Å². The Labute approximate surface area is 126 Å². The number of carbonyl (C=O) groups excluding carboxylic acids is 1. The summed E-state index contributed by atoms with van der Waals surface area (Å²) < 4.78 is 0. The van der Waals surface area contributed by atoms with Crippen molar-refractivity contribution in [3.8, 4) is 0 Å². The van der Waals surface area contributed by atoms with E-state index >= 15 is 0 Å². The number of likely N-dealkylation sites (tertiary alicyclic amines) is 1. The SMILES string of the molecule is CC(C)N1CC(CNC(=O)N2CCNc3ccccc32)C1. The molecule has 5 heteroatoms. The number of para-hydroxylation sites is 2. The van der Waals surface area contributed by atoms with E-state index in [9.17, 15) is 4.79 Å². The second-order valence-electron chi connectivity index (χ2n) is 6.20. The van der Waals surface area contributed by atoms with E-state index in [1.165, 1.54) is 0 Å². The Balaban J connectivity index is 1.53. The number of nitrogens with one attached hydrogen (secondary N) is 2. The predicted molar refractivity (Wildman–Crippen MR) is 85.9 cm³/mol. The molecule has 0 saturated carbocycles. The lowest BCUT2D eigenvalue weighted by Crippen LogP contribution is -2.55. The molecular weight excluding hydrogens is 264 g/mol. The van der Waals surface area contributed by atoms with Gasteiger partial charge in [0.25, 0.3) is 0 Å². The van der Waals surface area contributed by atoms with Gasteiger partial charge in [0.2, 0.25) is 0 Å². The van der Waals surface area contributed by atoms with Crippen LogP contribution >= 0.6 is 0 Å². The second-order valence-corrected chi connectivity index (χ2v) is 6.20. The first-order valence-corrected chi connectivity index (χ1v) is 7.77. The zero-order valence-electron chi connectivity index (χ0n) is 12.8. The summed E-state index contributed by atoms with van der Waals surface area (Å²) in [5.74, 6) is 0.592. The molecule has 0 aromatic heterocycles. The van der Waals surface area contributed by atoms with Gasteiger partial charge in [0.1, 0.15) is 0 Å². The van der Waals surface area contributed by atoms with Gasteiger partial charge in [-0.1, -0.05) is 12.1 Å². The molecule has 1 aromatic carbocycles. The van der Waals surface area contributed by atoms with Gasteiger partial charge in [-0.05, 0) is 26.0 Å². The molecule has 21 heavy (non-hydrogen) atoms. The Morgan fingerprint density at radius 1 is 1.38 bits per heavy atom. The van der Waals surface area contributed by atoms with Crippen LogP contribution in [0.15, 0.2) is 24.3 Å². The van der Waals surface area contributed by atoms with Crippen molar-refractivity contribution in [1.82, 2.24) is 10.2 Å². The predicted octanol–water partition coefficient (Wildman–Crippen LogP) is 1.97. The summed E-state index contributed by atoms with van der Waals surface area (Å²) in [6.45, 7) is 8.90. The number of urea groups is 1. The number of hydrogen-bond acceptors (Lipinski definition) is 3. The second kappa shape index (κ2) is 5.93. The van der Waals surface area contributed by atoms with Crippen LogP contribution in [0.2, 0.25) is 0 Å². The molecule has 0 atom stereocenters. The molecule has 2 N–H and O–H groups in total. The van der Waals surface area contributed by atoms with E-state index in [-0.39, 0.29) is 6.03 Å². The average Bonchev–Trinajstić information content (AvgIpc) is 2.44. The lowest BCUT2D eigenvalue weighted by Gasteiger charge is -2.42. The van der Waals surface area contributed by atoms with Crippen molar-refractivity contribution >= 4 is 17.4 Å². The highest BCUT2D eigenvalue weighted by molar-refractivity contribution is 5.96. The van der Waals surface area contributed by atoms with E-state index in [0.717, 1.165) is 37.6 Å². The summed E-state index contributed by atoms with van der Waals surface area (Å²) in [6.07, 6.45) is 0.